The van der Waals surface area contributed by atoms with Crippen LogP contribution in [0.3, 0.4) is 0 Å². The standard InChI is InChI=1S/C10H8N2O2S.ClH/c13-10(14)7-12-4-1-8(2-5-12)9-3-6-15-11-9;/h1-6H,7H2;1H. The molecule has 0 aromatic carbocycles. The number of carboxylic acid groups (broad SMARTS) is 1. The van der Waals surface area contributed by atoms with Gasteiger partial charge in [-0.3, -0.25) is 0 Å². The Bertz CT molecular complexity index is 456. The van der Waals surface area contributed by atoms with Gasteiger partial charge in [0.15, 0.2) is 12.4 Å². The molecule has 16 heavy (non-hydrogen) atoms. The topological polar surface area (TPSA) is 54.1 Å². The van der Waals surface area contributed by atoms with Crippen LogP contribution >= 0.6 is 11.5 Å². The number of nitrogens with zero attached hydrogens (tertiary/aromatic N) is 2. The van der Waals surface area contributed by atoms with Crippen LogP contribution < -0.4 is 17.0 Å². The van der Waals surface area contributed by atoms with Crippen LogP contribution in [0.4, 0.5) is 0 Å². The number of halogens is 1. The van der Waals surface area contributed by atoms with Crippen molar-refractivity contribution in [1.29, 1.82) is 0 Å². The number of carboxylic acids is 1. The Kier molecular flexibility index (Phi) is 4.39. The second kappa shape index (κ2) is 5.58. The minimum absolute atomic E-state index is 0. The lowest BCUT2D eigenvalue weighted by atomic mass is 10.2. The molecule has 6 heteroatoms. The SMILES string of the molecule is O=C(O)C[n+]1ccc(-c2ccsn2)cc1.[Cl-]. The van der Waals surface area contributed by atoms with Gasteiger partial charge in [0.1, 0.15) is 0 Å². The maximum Gasteiger partial charge on any atom is 0.370 e. The van der Waals surface area contributed by atoms with Gasteiger partial charge in [-0.15, -0.1) is 0 Å². The van der Waals surface area contributed by atoms with Gasteiger partial charge >= 0.3 is 5.97 Å². The number of aliphatic carboxylic acids is 1. The lowest BCUT2D eigenvalue weighted by Crippen LogP contribution is -3.00. The molecule has 0 amide bonds. The Hall–Kier alpha value is -1.46. The number of aromatic nitrogens is 2. The van der Waals surface area contributed by atoms with E-state index in [0.717, 1.165) is 11.3 Å². The van der Waals surface area contributed by atoms with Gasteiger partial charge in [0, 0.05) is 23.1 Å². The molecular formula is C10H9ClN2O2S. The molecule has 0 fully saturated rings. The third-order valence-corrected chi connectivity index (χ3v) is 2.50. The van der Waals surface area contributed by atoms with Gasteiger partial charge in [-0.25, -0.2) is 4.79 Å². The van der Waals surface area contributed by atoms with Gasteiger partial charge in [-0.2, -0.15) is 8.94 Å². The molecule has 2 aromatic rings. The predicted molar refractivity (Wildman–Crippen MR) is 55.4 cm³/mol. The van der Waals surface area contributed by atoms with Crippen LogP contribution in [0.1, 0.15) is 0 Å². The first-order valence-electron chi connectivity index (χ1n) is 4.37. The largest absolute Gasteiger partial charge is 1.00 e. The van der Waals surface area contributed by atoms with E-state index >= 15 is 0 Å². The van der Waals surface area contributed by atoms with Gasteiger partial charge in [0.25, 0.3) is 0 Å². The summed E-state index contributed by atoms with van der Waals surface area (Å²) < 4.78 is 5.80. The molecule has 2 heterocycles. The highest BCUT2D eigenvalue weighted by atomic mass is 35.5. The maximum atomic E-state index is 10.5. The Morgan fingerprint density at radius 1 is 1.38 bits per heavy atom. The molecule has 1 N–H and O–H groups in total. The minimum Gasteiger partial charge on any atom is -1.00 e. The molecule has 0 saturated carbocycles. The average molecular weight is 257 g/mol. The molecule has 0 saturated heterocycles. The van der Waals surface area contributed by atoms with E-state index in [1.807, 2.05) is 23.6 Å². The molecule has 0 bridgehead atoms. The van der Waals surface area contributed by atoms with Crippen molar-refractivity contribution in [1.82, 2.24) is 4.37 Å². The highest BCUT2D eigenvalue weighted by Gasteiger charge is 2.07. The summed E-state index contributed by atoms with van der Waals surface area (Å²) in [4.78, 5) is 10.5. The number of pyridine rings is 1. The van der Waals surface area contributed by atoms with E-state index in [1.165, 1.54) is 11.5 Å². The summed E-state index contributed by atoms with van der Waals surface area (Å²) in [6.07, 6.45) is 3.48. The zero-order valence-corrected chi connectivity index (χ0v) is 9.78. The zero-order valence-electron chi connectivity index (χ0n) is 8.21. The molecule has 0 spiro atoms. The summed E-state index contributed by atoms with van der Waals surface area (Å²) in [5.41, 5.74) is 1.92. The summed E-state index contributed by atoms with van der Waals surface area (Å²) >= 11 is 1.40. The molecule has 2 aromatic heterocycles. The van der Waals surface area contributed by atoms with Crippen molar-refractivity contribution < 1.29 is 26.9 Å². The molecule has 0 aliphatic heterocycles. The Morgan fingerprint density at radius 2 is 2.06 bits per heavy atom. The molecule has 84 valence electrons. The van der Waals surface area contributed by atoms with E-state index in [1.54, 1.807) is 17.0 Å². The normalized spacial score (nSPS) is 9.50. The van der Waals surface area contributed by atoms with Gasteiger partial charge in [-0.1, -0.05) is 0 Å². The molecule has 0 radical (unpaired) electrons. The number of hydrogen-bond donors (Lipinski definition) is 1. The predicted octanol–water partition coefficient (Wildman–Crippen LogP) is -1.81. The fourth-order valence-corrected chi connectivity index (χ4v) is 1.78. The minimum atomic E-state index is -0.846. The highest BCUT2D eigenvalue weighted by molar-refractivity contribution is 7.03. The van der Waals surface area contributed by atoms with E-state index in [4.69, 9.17) is 5.11 Å². The summed E-state index contributed by atoms with van der Waals surface area (Å²) in [6.45, 7) is -0.0165. The van der Waals surface area contributed by atoms with Crippen LogP contribution in [0, 0.1) is 0 Å². The second-order valence-electron chi connectivity index (χ2n) is 3.04. The van der Waals surface area contributed by atoms with E-state index < -0.39 is 5.97 Å². The molecule has 0 unspecified atom stereocenters. The fourth-order valence-electron chi connectivity index (χ4n) is 1.25. The van der Waals surface area contributed by atoms with Crippen LogP contribution in [0.25, 0.3) is 11.3 Å². The molecule has 0 aliphatic carbocycles. The van der Waals surface area contributed by atoms with Crippen molar-refractivity contribution in [2.45, 2.75) is 6.54 Å². The Morgan fingerprint density at radius 3 is 2.56 bits per heavy atom. The van der Waals surface area contributed by atoms with E-state index in [9.17, 15) is 4.79 Å². The van der Waals surface area contributed by atoms with Gasteiger partial charge in [0.05, 0.1) is 5.69 Å². The number of rotatable bonds is 3. The first-order chi connectivity index (χ1) is 7.25. The summed E-state index contributed by atoms with van der Waals surface area (Å²) in [7, 11) is 0. The first kappa shape index (κ1) is 12.6. The van der Waals surface area contributed by atoms with Crippen molar-refractivity contribution in [2.24, 2.45) is 0 Å². The van der Waals surface area contributed by atoms with Crippen LogP contribution in [0.15, 0.2) is 36.0 Å². The Labute approximate surface area is 103 Å². The van der Waals surface area contributed by atoms with E-state index in [0.29, 0.717) is 0 Å². The monoisotopic (exact) mass is 256 g/mol. The van der Waals surface area contributed by atoms with E-state index in [-0.39, 0.29) is 19.0 Å². The van der Waals surface area contributed by atoms with Crippen molar-refractivity contribution in [2.75, 3.05) is 0 Å². The average Bonchev–Trinajstić information content (AvgIpc) is 2.71. The van der Waals surface area contributed by atoms with Crippen LogP contribution in [-0.2, 0) is 11.3 Å². The smallest absolute Gasteiger partial charge is 0.370 e. The quantitative estimate of drug-likeness (QED) is 0.659. The summed E-state index contributed by atoms with van der Waals surface area (Å²) in [6, 6.07) is 5.65. The number of hydrogen-bond acceptors (Lipinski definition) is 3. The molecular weight excluding hydrogens is 248 g/mol. The van der Waals surface area contributed by atoms with Crippen molar-refractivity contribution in [3.05, 3.63) is 36.0 Å². The zero-order chi connectivity index (χ0) is 10.7. The van der Waals surface area contributed by atoms with Crippen LogP contribution in [-0.4, -0.2) is 15.4 Å². The third-order valence-electron chi connectivity index (χ3n) is 1.94. The van der Waals surface area contributed by atoms with Crippen LogP contribution in [0.2, 0.25) is 0 Å². The lowest BCUT2D eigenvalue weighted by Gasteiger charge is -1.95. The third kappa shape index (κ3) is 3.01. The van der Waals surface area contributed by atoms with E-state index in [2.05, 4.69) is 4.37 Å². The van der Waals surface area contributed by atoms with Gasteiger partial charge < -0.3 is 17.5 Å². The van der Waals surface area contributed by atoms with Gasteiger partial charge in [0.2, 0.25) is 6.54 Å². The maximum absolute atomic E-state index is 10.5. The van der Waals surface area contributed by atoms with Crippen molar-refractivity contribution >= 4 is 17.5 Å². The fraction of sp³-hybridized carbons (Fsp3) is 0.100. The molecule has 0 aliphatic rings. The lowest BCUT2D eigenvalue weighted by molar-refractivity contribution is -0.685. The molecule has 2 rings (SSSR count). The Balaban J connectivity index is 0.00000128. The number of carbonyl (C=O) groups is 1. The van der Waals surface area contributed by atoms with Gasteiger partial charge in [-0.05, 0) is 17.6 Å². The molecule has 0 atom stereocenters. The van der Waals surface area contributed by atoms with Crippen molar-refractivity contribution in [3.8, 4) is 11.3 Å². The van der Waals surface area contributed by atoms with Crippen LogP contribution in [0.5, 0.6) is 0 Å². The first-order valence-corrected chi connectivity index (χ1v) is 5.21. The summed E-state index contributed by atoms with van der Waals surface area (Å²) in [5, 5.41) is 10.5. The second-order valence-corrected chi connectivity index (χ2v) is 3.70. The van der Waals surface area contributed by atoms with Crippen molar-refractivity contribution in [3.63, 3.8) is 0 Å². The summed E-state index contributed by atoms with van der Waals surface area (Å²) in [5.74, 6) is -0.846. The highest BCUT2D eigenvalue weighted by Crippen LogP contribution is 2.16. The molecule has 4 nitrogen and oxygen atoms in total.